The summed E-state index contributed by atoms with van der Waals surface area (Å²) in [5, 5.41) is 0. The summed E-state index contributed by atoms with van der Waals surface area (Å²) >= 11 is 0. The van der Waals surface area contributed by atoms with Crippen molar-refractivity contribution < 1.29 is 9.11 Å². The van der Waals surface area contributed by atoms with Crippen LogP contribution in [-0.4, -0.2) is 45.6 Å². The summed E-state index contributed by atoms with van der Waals surface area (Å²) in [6.07, 6.45) is 0. The Kier molecular flexibility index (Phi) is 5.08. The van der Waals surface area contributed by atoms with Crippen LogP contribution in [0.4, 0.5) is 0 Å². The highest BCUT2D eigenvalue weighted by atomic mass is 32.3. The van der Waals surface area contributed by atoms with Crippen LogP contribution in [-0.2, 0) is 0 Å². The van der Waals surface area contributed by atoms with E-state index in [4.69, 9.17) is 9.11 Å². The summed E-state index contributed by atoms with van der Waals surface area (Å²) in [5.74, 6) is 1.12. The molecule has 1 heterocycles. The molecule has 2 N–H and O–H groups in total. The van der Waals surface area contributed by atoms with Gasteiger partial charge in [0.25, 0.3) is 0 Å². The zero-order chi connectivity index (χ0) is 8.91. The van der Waals surface area contributed by atoms with E-state index in [1.54, 1.807) is 0 Å². The molecule has 11 heavy (non-hydrogen) atoms. The molecule has 0 aliphatic carbocycles. The fraction of sp³-hybridized carbons (Fsp3) is 1.00. The van der Waals surface area contributed by atoms with Crippen molar-refractivity contribution >= 4 is 10.6 Å². The minimum Gasteiger partial charge on any atom is -0.303 e. The van der Waals surface area contributed by atoms with Crippen LogP contribution >= 0.6 is 10.6 Å². The summed E-state index contributed by atoms with van der Waals surface area (Å²) in [7, 11) is -0.163. The molecule has 0 bridgehead atoms. The molecule has 1 aliphatic heterocycles. The lowest BCUT2D eigenvalue weighted by molar-refractivity contribution is 0.342. The first-order valence-electron chi connectivity index (χ1n) is 4.02. The van der Waals surface area contributed by atoms with Crippen LogP contribution in [0.25, 0.3) is 0 Å². The third kappa shape index (κ3) is 4.63. The Morgan fingerprint density at radius 3 is 1.73 bits per heavy atom. The van der Waals surface area contributed by atoms with Gasteiger partial charge < -0.3 is 4.90 Å². The summed E-state index contributed by atoms with van der Waals surface area (Å²) in [6.45, 7) is 5.64. The lowest BCUT2D eigenvalue weighted by atomic mass is 10.6. The van der Waals surface area contributed by atoms with Crippen LogP contribution in [0.15, 0.2) is 0 Å². The Morgan fingerprint density at radius 1 is 1.09 bits per heavy atom. The largest absolute Gasteiger partial charge is 0.303 e. The first-order chi connectivity index (χ1) is 5.10. The molecule has 0 radical (unpaired) electrons. The van der Waals surface area contributed by atoms with E-state index >= 15 is 0 Å². The lowest BCUT2D eigenvalue weighted by Crippen LogP contribution is -2.35. The summed E-state index contributed by atoms with van der Waals surface area (Å²) < 4.78 is 18.2. The number of nitrogens with zero attached hydrogens (tertiary/aromatic N) is 1. The van der Waals surface area contributed by atoms with Crippen molar-refractivity contribution in [2.75, 3.05) is 31.6 Å². The fourth-order valence-corrected chi connectivity index (χ4v) is 2.23. The van der Waals surface area contributed by atoms with Gasteiger partial charge in [-0.25, -0.2) is 0 Å². The van der Waals surface area contributed by atoms with Gasteiger partial charge in [0.15, 0.2) is 0 Å². The normalized spacial score (nSPS) is 26.6. The van der Waals surface area contributed by atoms with Gasteiger partial charge in [0.1, 0.15) is 0 Å². The predicted octanol–water partition coefficient (Wildman–Crippen LogP) is 1.71. The van der Waals surface area contributed by atoms with Crippen molar-refractivity contribution in [3.8, 4) is 0 Å². The molecule has 70 valence electrons. The molecule has 1 aliphatic rings. The van der Waals surface area contributed by atoms with Crippen molar-refractivity contribution in [1.29, 1.82) is 0 Å². The minimum absolute atomic E-state index is 0.559. The van der Waals surface area contributed by atoms with Crippen LogP contribution in [0, 0.1) is 0 Å². The van der Waals surface area contributed by atoms with Crippen LogP contribution < -0.4 is 0 Å². The molecule has 0 aromatic rings. The number of hydrogen-bond donors (Lipinski definition) is 2. The van der Waals surface area contributed by atoms with Gasteiger partial charge in [0.05, 0.1) is 11.5 Å². The topological polar surface area (TPSA) is 43.7 Å². The molecular formula is C7H19NO2S. The van der Waals surface area contributed by atoms with Gasteiger partial charge in [0.2, 0.25) is 0 Å². The van der Waals surface area contributed by atoms with Crippen molar-refractivity contribution in [3.05, 3.63) is 0 Å². The number of hydrogen-bond acceptors (Lipinski definition) is 3. The van der Waals surface area contributed by atoms with Crippen molar-refractivity contribution in [2.45, 2.75) is 13.8 Å². The van der Waals surface area contributed by atoms with Crippen molar-refractivity contribution in [2.24, 2.45) is 0 Å². The molecule has 4 heteroatoms. The predicted molar refractivity (Wildman–Crippen MR) is 51.4 cm³/mol. The van der Waals surface area contributed by atoms with Crippen LogP contribution in [0.1, 0.15) is 13.8 Å². The molecule has 0 atom stereocenters. The maximum absolute atomic E-state index is 9.10. The molecule has 0 aromatic carbocycles. The van der Waals surface area contributed by atoms with E-state index < -0.39 is 10.6 Å². The molecule has 0 aromatic heterocycles. The average Bonchev–Trinajstić information content (AvgIpc) is 2.00. The molecule has 0 spiro atoms. The molecule has 3 nitrogen and oxygen atoms in total. The highest BCUT2D eigenvalue weighted by Gasteiger charge is 2.18. The quantitative estimate of drug-likeness (QED) is 0.598. The second-order valence-electron chi connectivity index (χ2n) is 2.51. The standard InChI is InChI=1S/C5H13NO2S.C2H6/c1-6-2-4-9(7,8)5-3-6;1-2/h7-8H,2-5H2,1H3;1-2H3. The second kappa shape index (κ2) is 4.98. The van der Waals surface area contributed by atoms with E-state index in [9.17, 15) is 0 Å². The van der Waals surface area contributed by atoms with Gasteiger partial charge >= 0.3 is 0 Å². The molecule has 0 saturated carbocycles. The van der Waals surface area contributed by atoms with Crippen LogP contribution in [0.3, 0.4) is 0 Å². The van der Waals surface area contributed by atoms with Gasteiger partial charge in [0, 0.05) is 13.1 Å². The van der Waals surface area contributed by atoms with E-state index in [1.165, 1.54) is 0 Å². The molecule has 1 rings (SSSR count). The summed E-state index contributed by atoms with van der Waals surface area (Å²) in [6, 6.07) is 0. The van der Waals surface area contributed by atoms with Gasteiger partial charge in [-0.15, -0.1) is 0 Å². The Balaban J connectivity index is 0.000000461. The van der Waals surface area contributed by atoms with Crippen LogP contribution in [0.5, 0.6) is 0 Å². The van der Waals surface area contributed by atoms with E-state index in [1.807, 2.05) is 20.9 Å². The van der Waals surface area contributed by atoms with Gasteiger partial charge in [-0.1, -0.05) is 13.8 Å². The van der Waals surface area contributed by atoms with E-state index in [0.29, 0.717) is 11.5 Å². The fourth-order valence-electron chi connectivity index (χ4n) is 0.818. The van der Waals surface area contributed by atoms with E-state index in [-0.39, 0.29) is 0 Å². The first-order valence-corrected chi connectivity index (χ1v) is 5.91. The Labute approximate surface area is 70.8 Å². The maximum Gasteiger partial charge on any atom is 0.0502 e. The molecular weight excluding hydrogens is 162 g/mol. The first kappa shape index (κ1) is 11.2. The van der Waals surface area contributed by atoms with E-state index in [2.05, 4.69) is 4.90 Å². The van der Waals surface area contributed by atoms with Crippen LogP contribution in [0.2, 0.25) is 0 Å². The zero-order valence-corrected chi connectivity index (χ0v) is 8.39. The van der Waals surface area contributed by atoms with Gasteiger partial charge in [-0.2, -0.15) is 10.6 Å². The Bertz CT molecular complexity index is 98.6. The van der Waals surface area contributed by atoms with E-state index in [0.717, 1.165) is 13.1 Å². The van der Waals surface area contributed by atoms with Gasteiger partial charge in [-0.05, 0) is 7.05 Å². The van der Waals surface area contributed by atoms with Crippen molar-refractivity contribution in [1.82, 2.24) is 4.90 Å². The monoisotopic (exact) mass is 181 g/mol. The highest BCUT2D eigenvalue weighted by Crippen LogP contribution is 2.39. The van der Waals surface area contributed by atoms with Crippen molar-refractivity contribution in [3.63, 3.8) is 0 Å². The molecule has 0 amide bonds. The summed E-state index contributed by atoms with van der Waals surface area (Å²) in [4.78, 5) is 2.11. The molecule has 1 saturated heterocycles. The summed E-state index contributed by atoms with van der Waals surface area (Å²) in [5.41, 5.74) is 0. The minimum atomic E-state index is -2.16. The zero-order valence-electron chi connectivity index (χ0n) is 7.58. The smallest absolute Gasteiger partial charge is 0.0502 e. The number of rotatable bonds is 0. The Hall–Kier alpha value is 0.230. The third-order valence-corrected chi connectivity index (χ3v) is 3.27. The van der Waals surface area contributed by atoms with Gasteiger partial charge in [-0.3, -0.25) is 9.11 Å². The highest BCUT2D eigenvalue weighted by molar-refractivity contribution is 8.24. The second-order valence-corrected chi connectivity index (χ2v) is 4.93. The molecule has 1 fully saturated rings. The average molecular weight is 181 g/mol. The maximum atomic E-state index is 9.10. The SMILES string of the molecule is CC.CN1CCS(O)(O)CC1. The molecule has 0 unspecified atom stereocenters. The lowest BCUT2D eigenvalue weighted by Gasteiger charge is -2.39. The third-order valence-electron chi connectivity index (χ3n) is 1.60. The Morgan fingerprint density at radius 2 is 1.45 bits per heavy atom.